The van der Waals surface area contributed by atoms with Crippen LogP contribution in [0.3, 0.4) is 0 Å². The van der Waals surface area contributed by atoms with Crippen molar-refractivity contribution in [1.29, 1.82) is 0 Å². The van der Waals surface area contributed by atoms with Crippen molar-refractivity contribution in [2.75, 3.05) is 0 Å². The molecule has 0 spiro atoms. The number of hydrogen-bond donors (Lipinski definition) is 2. The molecule has 4 nitrogen and oxygen atoms in total. The van der Waals surface area contributed by atoms with Crippen molar-refractivity contribution < 1.29 is 19.8 Å². The number of rotatable bonds is 3. The van der Waals surface area contributed by atoms with E-state index in [0.29, 0.717) is 12.8 Å². The van der Waals surface area contributed by atoms with Crippen molar-refractivity contribution in [2.45, 2.75) is 26.2 Å². The van der Waals surface area contributed by atoms with Gasteiger partial charge in [-0.25, -0.2) is 0 Å². The first-order chi connectivity index (χ1) is 6.54. The molecule has 0 heterocycles. The van der Waals surface area contributed by atoms with Crippen LogP contribution in [0.15, 0.2) is 0 Å². The Hall–Kier alpha value is -1.06. The summed E-state index contributed by atoms with van der Waals surface area (Å²) in [6, 6.07) is 0. The molecule has 4 heteroatoms. The van der Waals surface area contributed by atoms with Crippen LogP contribution in [-0.2, 0) is 9.59 Å². The van der Waals surface area contributed by atoms with Gasteiger partial charge in [0.25, 0.3) is 0 Å². The second-order valence-corrected chi connectivity index (χ2v) is 3.84. The largest absolute Gasteiger partial charge is 0.481 e. The molecule has 0 saturated heterocycles. The minimum Gasteiger partial charge on any atom is -0.481 e. The third-order valence-electron chi connectivity index (χ3n) is 2.99. The molecule has 1 fully saturated rings. The summed E-state index contributed by atoms with van der Waals surface area (Å²) in [6.45, 7) is 1.59. The molecule has 3 atom stereocenters. The summed E-state index contributed by atoms with van der Waals surface area (Å²) < 4.78 is 0. The fourth-order valence-corrected chi connectivity index (χ4v) is 2.05. The topological polar surface area (TPSA) is 74.6 Å². The summed E-state index contributed by atoms with van der Waals surface area (Å²) in [5.41, 5.74) is 0. The van der Waals surface area contributed by atoms with Crippen molar-refractivity contribution in [3.05, 3.63) is 6.42 Å². The third kappa shape index (κ3) is 2.25. The number of carboxylic acids is 2. The van der Waals surface area contributed by atoms with Gasteiger partial charge in [0.15, 0.2) is 0 Å². The molecule has 0 aromatic carbocycles. The Morgan fingerprint density at radius 2 is 2.07 bits per heavy atom. The van der Waals surface area contributed by atoms with E-state index in [2.05, 4.69) is 0 Å². The van der Waals surface area contributed by atoms with Crippen molar-refractivity contribution in [3.8, 4) is 0 Å². The number of carboxylic acid groups (broad SMARTS) is 2. The molecular formula is C10H15O4. The summed E-state index contributed by atoms with van der Waals surface area (Å²) in [6.07, 6.45) is 3.93. The zero-order chi connectivity index (χ0) is 10.7. The number of carbonyl (C=O) groups is 2. The normalized spacial score (nSPS) is 29.5. The summed E-state index contributed by atoms with van der Waals surface area (Å²) in [7, 11) is 0. The highest BCUT2D eigenvalue weighted by Gasteiger charge is 2.36. The molecule has 0 aliphatic heterocycles. The lowest BCUT2D eigenvalue weighted by molar-refractivity contribution is -0.149. The zero-order valence-electron chi connectivity index (χ0n) is 8.14. The van der Waals surface area contributed by atoms with Gasteiger partial charge in [-0.05, 0) is 31.6 Å². The summed E-state index contributed by atoms with van der Waals surface area (Å²) in [5.74, 6) is -3.09. The smallest absolute Gasteiger partial charge is 0.306 e. The summed E-state index contributed by atoms with van der Waals surface area (Å²) in [5, 5.41) is 17.8. The van der Waals surface area contributed by atoms with E-state index >= 15 is 0 Å². The minimum atomic E-state index is -0.900. The average Bonchev–Trinajstić information content (AvgIpc) is 2.16. The predicted octanol–water partition coefficient (Wildman–Crippen LogP) is 1.41. The van der Waals surface area contributed by atoms with E-state index in [1.54, 1.807) is 6.92 Å². The highest BCUT2D eigenvalue weighted by molar-refractivity contribution is 5.74. The van der Waals surface area contributed by atoms with Crippen LogP contribution >= 0.6 is 0 Å². The summed E-state index contributed by atoms with van der Waals surface area (Å²) >= 11 is 0. The zero-order valence-corrected chi connectivity index (χ0v) is 8.14. The highest BCUT2D eigenvalue weighted by atomic mass is 16.4. The molecular weight excluding hydrogens is 184 g/mol. The first-order valence-electron chi connectivity index (χ1n) is 4.81. The van der Waals surface area contributed by atoms with E-state index < -0.39 is 23.8 Å². The van der Waals surface area contributed by atoms with Crippen LogP contribution in [0.25, 0.3) is 0 Å². The van der Waals surface area contributed by atoms with Crippen molar-refractivity contribution >= 4 is 11.9 Å². The fraction of sp³-hybridized carbons (Fsp3) is 0.700. The van der Waals surface area contributed by atoms with Crippen LogP contribution < -0.4 is 0 Å². The summed E-state index contributed by atoms with van der Waals surface area (Å²) in [4.78, 5) is 21.6. The van der Waals surface area contributed by atoms with Crippen molar-refractivity contribution in [1.82, 2.24) is 0 Å². The Morgan fingerprint density at radius 3 is 2.57 bits per heavy atom. The van der Waals surface area contributed by atoms with Gasteiger partial charge in [-0.15, -0.1) is 0 Å². The molecule has 0 bridgehead atoms. The lowest BCUT2D eigenvalue weighted by Crippen LogP contribution is -2.34. The molecule has 1 aliphatic carbocycles. The van der Waals surface area contributed by atoms with Crippen LogP contribution in [0.4, 0.5) is 0 Å². The molecule has 0 aromatic heterocycles. The molecule has 1 rings (SSSR count). The quantitative estimate of drug-likeness (QED) is 0.720. The van der Waals surface area contributed by atoms with Gasteiger partial charge in [-0.1, -0.05) is 6.92 Å². The molecule has 1 aliphatic rings. The van der Waals surface area contributed by atoms with E-state index in [0.717, 1.165) is 6.42 Å². The SMILES string of the molecule is CC(C(=O)O)C1CC[CH]CC1C(=O)O. The van der Waals surface area contributed by atoms with Crippen molar-refractivity contribution in [2.24, 2.45) is 17.8 Å². The Kier molecular flexibility index (Phi) is 3.49. The molecule has 3 unspecified atom stereocenters. The third-order valence-corrected chi connectivity index (χ3v) is 2.99. The van der Waals surface area contributed by atoms with Crippen LogP contribution in [0.1, 0.15) is 26.2 Å². The first-order valence-corrected chi connectivity index (χ1v) is 4.81. The van der Waals surface area contributed by atoms with Crippen LogP contribution in [0.2, 0.25) is 0 Å². The van der Waals surface area contributed by atoms with Crippen LogP contribution in [0.5, 0.6) is 0 Å². The second-order valence-electron chi connectivity index (χ2n) is 3.84. The van der Waals surface area contributed by atoms with Gasteiger partial charge in [0.1, 0.15) is 0 Å². The maximum atomic E-state index is 10.9. The Balaban J connectivity index is 2.72. The first kappa shape index (κ1) is 11.0. The lowest BCUT2D eigenvalue weighted by atomic mass is 9.73. The number of aliphatic carboxylic acids is 2. The molecule has 1 radical (unpaired) electrons. The van der Waals surface area contributed by atoms with Gasteiger partial charge in [-0.3, -0.25) is 9.59 Å². The van der Waals surface area contributed by atoms with Gasteiger partial charge in [0.05, 0.1) is 11.8 Å². The highest BCUT2D eigenvalue weighted by Crippen LogP contribution is 2.34. The minimum absolute atomic E-state index is 0.227. The van der Waals surface area contributed by atoms with E-state index in [-0.39, 0.29) is 5.92 Å². The van der Waals surface area contributed by atoms with E-state index in [4.69, 9.17) is 10.2 Å². The second kappa shape index (κ2) is 4.44. The fourth-order valence-electron chi connectivity index (χ4n) is 2.05. The molecule has 0 aromatic rings. The lowest BCUT2D eigenvalue weighted by Gasteiger charge is -2.30. The average molecular weight is 199 g/mol. The van der Waals surface area contributed by atoms with Gasteiger partial charge in [0, 0.05) is 0 Å². The maximum Gasteiger partial charge on any atom is 0.306 e. The van der Waals surface area contributed by atoms with Crippen LogP contribution in [0, 0.1) is 24.2 Å². The molecule has 14 heavy (non-hydrogen) atoms. The van der Waals surface area contributed by atoms with Crippen molar-refractivity contribution in [3.63, 3.8) is 0 Å². The molecule has 2 N–H and O–H groups in total. The Labute approximate surface area is 82.9 Å². The predicted molar refractivity (Wildman–Crippen MR) is 49.6 cm³/mol. The van der Waals surface area contributed by atoms with Gasteiger partial charge in [0.2, 0.25) is 0 Å². The monoisotopic (exact) mass is 199 g/mol. The van der Waals surface area contributed by atoms with E-state index in [1.165, 1.54) is 0 Å². The van der Waals surface area contributed by atoms with E-state index in [1.807, 2.05) is 6.42 Å². The molecule has 0 amide bonds. The number of hydrogen-bond acceptors (Lipinski definition) is 2. The van der Waals surface area contributed by atoms with Crippen LogP contribution in [-0.4, -0.2) is 22.2 Å². The van der Waals surface area contributed by atoms with Gasteiger partial charge < -0.3 is 10.2 Å². The molecule has 1 saturated carbocycles. The maximum absolute atomic E-state index is 10.9. The van der Waals surface area contributed by atoms with Gasteiger partial charge >= 0.3 is 11.9 Å². The van der Waals surface area contributed by atoms with Gasteiger partial charge in [-0.2, -0.15) is 0 Å². The molecule has 79 valence electrons. The van der Waals surface area contributed by atoms with E-state index in [9.17, 15) is 9.59 Å². The standard InChI is InChI=1S/C10H15O4/c1-6(9(11)12)7-4-2-3-5-8(7)10(13)14/h3,6-8H,2,4-5H2,1H3,(H,11,12)(H,13,14). The Bertz CT molecular complexity index is 236. The Morgan fingerprint density at radius 1 is 1.43 bits per heavy atom.